The second-order valence-electron chi connectivity index (χ2n) is 9.45. The van der Waals surface area contributed by atoms with E-state index in [2.05, 4.69) is 0 Å². The molecule has 9 rings (SSSR count). The highest BCUT2D eigenvalue weighted by Crippen LogP contribution is 2.49. The van der Waals surface area contributed by atoms with Gasteiger partial charge < -0.3 is 8.83 Å². The summed E-state index contributed by atoms with van der Waals surface area (Å²) in [7, 11) is 0. The quantitative estimate of drug-likeness (QED) is 0.211. The van der Waals surface area contributed by atoms with Crippen LogP contribution in [-0.2, 0) is 0 Å². The van der Waals surface area contributed by atoms with Crippen LogP contribution < -0.4 is 0 Å². The fourth-order valence-electron chi connectivity index (χ4n) is 5.81. The van der Waals surface area contributed by atoms with Crippen molar-refractivity contribution >= 4 is 65.4 Å². The van der Waals surface area contributed by atoms with Crippen LogP contribution in [0.2, 0.25) is 0 Å². The van der Waals surface area contributed by atoms with E-state index >= 15 is 0 Å². The third kappa shape index (κ3) is 2.88. The molecular formula is C38H22O2. The van der Waals surface area contributed by atoms with E-state index in [0.29, 0.717) is 38.5 Å². The Morgan fingerprint density at radius 1 is 0.450 bits per heavy atom. The minimum Gasteiger partial charge on any atom is -0.456 e. The molecule has 0 bridgehead atoms. The summed E-state index contributed by atoms with van der Waals surface area (Å²) in [6.45, 7) is 0. The van der Waals surface area contributed by atoms with Crippen LogP contribution in [0.5, 0.6) is 0 Å². The number of para-hydroxylation sites is 2. The van der Waals surface area contributed by atoms with Gasteiger partial charge in [-0.25, -0.2) is 0 Å². The minimum atomic E-state index is -0.727. The maximum Gasteiger partial charge on any atom is 0.147 e. The van der Waals surface area contributed by atoms with E-state index < -0.39 is 84.1 Å². The second kappa shape index (κ2) is 8.08. The molecule has 0 fully saturated rings. The summed E-state index contributed by atoms with van der Waals surface area (Å²) >= 11 is 0. The molecule has 0 aliphatic heterocycles. The first kappa shape index (κ1) is 12.7. The van der Waals surface area contributed by atoms with E-state index in [-0.39, 0.29) is 38.2 Å². The molecule has 0 unspecified atom stereocenters. The highest BCUT2D eigenvalue weighted by molar-refractivity contribution is 6.30. The lowest BCUT2D eigenvalue weighted by molar-refractivity contribution is 0.663. The Morgan fingerprint density at radius 3 is 1.62 bits per heavy atom. The lowest BCUT2D eigenvalue weighted by atomic mass is 9.84. The van der Waals surface area contributed by atoms with Crippen LogP contribution in [0.4, 0.5) is 0 Å². The fourth-order valence-corrected chi connectivity index (χ4v) is 5.81. The number of hydrogen-bond acceptors (Lipinski definition) is 2. The summed E-state index contributed by atoms with van der Waals surface area (Å²) in [4.78, 5) is 0. The lowest BCUT2D eigenvalue weighted by Gasteiger charge is -2.18. The van der Waals surface area contributed by atoms with E-state index in [4.69, 9.17) is 21.2 Å². The zero-order valence-electron chi connectivity index (χ0n) is 33.5. The summed E-state index contributed by atoms with van der Waals surface area (Å²) in [5, 5.41) is 1.53. The van der Waals surface area contributed by atoms with Crippen LogP contribution in [0.3, 0.4) is 0 Å². The van der Waals surface area contributed by atoms with E-state index in [1.54, 1.807) is 30.3 Å². The van der Waals surface area contributed by atoms with Gasteiger partial charge in [-0.1, -0.05) is 115 Å². The van der Waals surface area contributed by atoms with Crippen LogP contribution in [0.1, 0.15) is 17.8 Å². The van der Waals surface area contributed by atoms with E-state index in [1.165, 1.54) is 0 Å². The first-order chi connectivity index (χ1) is 25.3. The fraction of sp³-hybridized carbons (Fsp3) is 0. The predicted molar refractivity (Wildman–Crippen MR) is 167 cm³/mol. The van der Waals surface area contributed by atoms with Gasteiger partial charge in [0.2, 0.25) is 0 Å². The average molecular weight is 524 g/mol. The van der Waals surface area contributed by atoms with Gasteiger partial charge in [0.1, 0.15) is 22.3 Å². The van der Waals surface area contributed by atoms with Gasteiger partial charge in [0.15, 0.2) is 0 Å². The van der Waals surface area contributed by atoms with Crippen LogP contribution in [-0.4, -0.2) is 0 Å². The van der Waals surface area contributed by atoms with Gasteiger partial charge in [-0.05, 0) is 62.0 Å². The average Bonchev–Trinajstić information content (AvgIpc) is 3.73. The summed E-state index contributed by atoms with van der Waals surface area (Å²) in [5.74, 6) is 0. The molecule has 186 valence electrons. The molecule has 0 aliphatic carbocycles. The number of hydrogen-bond donors (Lipinski definition) is 0. The summed E-state index contributed by atoms with van der Waals surface area (Å²) in [5.41, 5.74) is 1.20. The molecular weight excluding hydrogens is 488 g/mol. The topological polar surface area (TPSA) is 26.3 Å². The second-order valence-corrected chi connectivity index (χ2v) is 9.45. The van der Waals surface area contributed by atoms with Crippen molar-refractivity contribution in [1.29, 1.82) is 0 Å². The Balaban J connectivity index is 1.67. The van der Waals surface area contributed by atoms with Crippen LogP contribution in [0, 0.1) is 0 Å². The Bertz CT molecular complexity index is 3050. The van der Waals surface area contributed by atoms with Crippen LogP contribution in [0.25, 0.3) is 87.7 Å². The van der Waals surface area contributed by atoms with Crippen LogP contribution >= 0.6 is 0 Å². The maximum absolute atomic E-state index is 9.35. The molecule has 0 saturated heterocycles. The molecule has 0 N–H and O–H groups in total. The third-order valence-electron chi connectivity index (χ3n) is 7.38. The molecule has 0 spiro atoms. The Morgan fingerprint density at radius 2 is 0.975 bits per heavy atom. The molecule has 0 aliphatic rings. The van der Waals surface area contributed by atoms with Crippen molar-refractivity contribution in [3.05, 3.63) is 133 Å². The normalized spacial score (nSPS) is 16.6. The van der Waals surface area contributed by atoms with Crippen molar-refractivity contribution in [2.45, 2.75) is 0 Å². The van der Waals surface area contributed by atoms with Crippen molar-refractivity contribution in [1.82, 2.24) is 0 Å². The zero-order valence-corrected chi connectivity index (χ0v) is 20.5. The molecule has 2 heterocycles. The molecule has 9 aromatic rings. The Labute approximate surface area is 247 Å². The first-order valence-corrected chi connectivity index (χ1v) is 12.5. The maximum atomic E-state index is 9.35. The molecule has 0 amide bonds. The molecule has 7 aromatic carbocycles. The number of fused-ring (bicyclic) bond motifs is 9. The molecule has 2 aromatic heterocycles. The van der Waals surface area contributed by atoms with E-state index in [0.717, 1.165) is 5.39 Å². The molecule has 2 nitrogen and oxygen atoms in total. The van der Waals surface area contributed by atoms with Crippen molar-refractivity contribution in [2.75, 3.05) is 0 Å². The number of rotatable bonds is 2. The molecule has 0 radical (unpaired) electrons. The van der Waals surface area contributed by atoms with E-state index in [1.807, 2.05) is 24.3 Å². The monoisotopic (exact) mass is 523 g/mol. The smallest absolute Gasteiger partial charge is 0.147 e. The Hall–Kier alpha value is -5.34. The lowest BCUT2D eigenvalue weighted by Crippen LogP contribution is -1.91. The molecule has 40 heavy (non-hydrogen) atoms. The molecule has 0 saturated carbocycles. The molecule has 2 heteroatoms. The van der Waals surface area contributed by atoms with Gasteiger partial charge in [0.25, 0.3) is 0 Å². The van der Waals surface area contributed by atoms with Crippen molar-refractivity contribution in [3.63, 3.8) is 0 Å². The first-order valence-electron chi connectivity index (χ1n) is 19.0. The highest BCUT2D eigenvalue weighted by Gasteiger charge is 2.24. The predicted octanol–water partition coefficient (Wildman–Crippen LogP) is 11.1. The zero-order chi connectivity index (χ0) is 37.5. The number of benzene rings is 7. The summed E-state index contributed by atoms with van der Waals surface area (Å²) in [6, 6.07) is 7.54. The van der Waals surface area contributed by atoms with Gasteiger partial charge in [0.05, 0.1) is 23.2 Å². The largest absolute Gasteiger partial charge is 0.456 e. The van der Waals surface area contributed by atoms with Crippen molar-refractivity contribution in [2.24, 2.45) is 0 Å². The van der Waals surface area contributed by atoms with Gasteiger partial charge in [0, 0.05) is 16.2 Å². The molecule has 0 atom stereocenters. The SMILES string of the molecule is [2H]c1c([2H])c([2H])c(-c2c3c([2H])c([2H])c([2H])c([2H])c3c(-c3cc4oc5ccccc5c4c4oc5ccccc5c34)c3c([2H])c([2H])c([2H])c([2H])c23)c([2H])c1[2H]. The standard InChI is InChI=1S/C38H22O2/c1-2-12-23(13-3-1)34-24-14-4-6-16-26(24)35(27-17-7-5-15-25(27)34)30-22-33-37(29-19-9-10-20-31(29)39-33)38-36(30)28-18-8-11-21-32(28)40-38/h1-22H/i1D,2D,3D,4D,5D,6D,7D,12D,13D,14D,15D,16D,17D. The highest BCUT2D eigenvalue weighted by atomic mass is 16.3. The van der Waals surface area contributed by atoms with E-state index in [9.17, 15) is 5.48 Å². The van der Waals surface area contributed by atoms with Gasteiger partial charge in [-0.2, -0.15) is 0 Å². The van der Waals surface area contributed by atoms with Crippen LogP contribution in [0.15, 0.2) is 142 Å². The third-order valence-corrected chi connectivity index (χ3v) is 7.38. The summed E-state index contributed by atoms with van der Waals surface area (Å²) in [6.07, 6.45) is 0. The number of furan rings is 2. The summed E-state index contributed by atoms with van der Waals surface area (Å²) < 4.78 is 128. The van der Waals surface area contributed by atoms with Gasteiger partial charge >= 0.3 is 0 Å². The van der Waals surface area contributed by atoms with Gasteiger partial charge in [-0.15, -0.1) is 0 Å². The Kier molecular flexibility index (Phi) is 2.56. The van der Waals surface area contributed by atoms with Crippen molar-refractivity contribution < 1.29 is 26.7 Å². The minimum absolute atomic E-state index is 0.00373. The van der Waals surface area contributed by atoms with Gasteiger partial charge in [-0.3, -0.25) is 0 Å². The van der Waals surface area contributed by atoms with Crippen molar-refractivity contribution in [3.8, 4) is 22.3 Å².